The summed E-state index contributed by atoms with van der Waals surface area (Å²) in [4.78, 5) is 17.8. The first kappa shape index (κ1) is 27.1. The van der Waals surface area contributed by atoms with E-state index in [4.69, 9.17) is 11.6 Å². The zero-order valence-corrected chi connectivity index (χ0v) is 20.4. The summed E-state index contributed by atoms with van der Waals surface area (Å²) >= 11 is 6.29. The van der Waals surface area contributed by atoms with Gasteiger partial charge in [-0.3, -0.25) is 4.90 Å². The third kappa shape index (κ3) is 5.96. The maximum atomic E-state index is 12.8. The highest BCUT2D eigenvalue weighted by Gasteiger charge is 2.60. The van der Waals surface area contributed by atoms with Gasteiger partial charge in [0.05, 0.1) is 0 Å². The Bertz CT molecular complexity index is 916. The van der Waals surface area contributed by atoms with Crippen molar-refractivity contribution in [2.45, 2.75) is 56.2 Å². The van der Waals surface area contributed by atoms with E-state index < -0.39 is 24.5 Å². The molecule has 3 aliphatic rings. The Balaban J connectivity index is 1.42. The lowest BCUT2D eigenvalue weighted by Crippen LogP contribution is -2.54. The number of nitrogens with one attached hydrogen (secondary N) is 1. The Morgan fingerprint density at radius 3 is 2.25 bits per heavy atom. The minimum atomic E-state index is -5.73. The van der Waals surface area contributed by atoms with Crippen molar-refractivity contribution in [1.82, 2.24) is 15.1 Å². The lowest BCUT2D eigenvalue weighted by atomic mass is 9.84. The third-order valence-corrected chi connectivity index (χ3v) is 7.61. The molecule has 0 radical (unpaired) electrons. The largest absolute Gasteiger partial charge is 0.434 e. The number of anilines is 1. The highest BCUT2D eigenvalue weighted by atomic mass is 35.5. The summed E-state index contributed by atoms with van der Waals surface area (Å²) in [5.74, 6) is 0. The van der Waals surface area contributed by atoms with Gasteiger partial charge in [0, 0.05) is 62.1 Å². The molecule has 1 N–H and O–H groups in total. The van der Waals surface area contributed by atoms with Crippen LogP contribution in [0.25, 0.3) is 0 Å². The van der Waals surface area contributed by atoms with Crippen LogP contribution in [0.5, 0.6) is 0 Å². The molecular weight excluding hydrogens is 514 g/mol. The van der Waals surface area contributed by atoms with Gasteiger partial charge in [-0.05, 0) is 49.9 Å². The van der Waals surface area contributed by atoms with E-state index in [-0.39, 0.29) is 18.6 Å². The van der Waals surface area contributed by atoms with Gasteiger partial charge in [0.2, 0.25) is 0 Å². The number of carbonyl (C=O) groups excluding carboxylic acids is 1. The summed E-state index contributed by atoms with van der Waals surface area (Å²) in [5.41, 5.74) is 1.91. The van der Waals surface area contributed by atoms with Crippen LogP contribution in [-0.2, 0) is 11.3 Å². The van der Waals surface area contributed by atoms with Crippen LogP contribution in [0.1, 0.15) is 31.2 Å². The first-order valence-corrected chi connectivity index (χ1v) is 12.3. The van der Waals surface area contributed by atoms with E-state index in [1.807, 2.05) is 18.2 Å². The van der Waals surface area contributed by atoms with Crippen LogP contribution < -0.4 is 10.2 Å². The Hall–Kier alpha value is -1.92. The predicted molar refractivity (Wildman–Crippen MR) is 122 cm³/mol. The Morgan fingerprint density at radius 2 is 1.64 bits per heavy atom. The molecule has 4 rings (SSSR count). The van der Waals surface area contributed by atoms with Crippen molar-refractivity contribution in [1.29, 1.82) is 0 Å². The first-order valence-electron chi connectivity index (χ1n) is 12.0. The number of ether oxygens (including phenoxy) is 1. The first-order chi connectivity index (χ1) is 16.9. The summed E-state index contributed by atoms with van der Waals surface area (Å²) in [6.07, 6.45) is -14.5. The Labute approximate surface area is 210 Å². The topological polar surface area (TPSA) is 48.1 Å². The van der Waals surface area contributed by atoms with E-state index in [2.05, 4.69) is 19.9 Å². The Morgan fingerprint density at radius 1 is 1.00 bits per heavy atom. The predicted octanol–water partition coefficient (Wildman–Crippen LogP) is 4.81. The number of nitrogens with zero attached hydrogens (tertiary/aromatic N) is 3. The second-order valence-electron chi connectivity index (χ2n) is 9.59. The monoisotopic (exact) mass is 542 g/mol. The fourth-order valence-electron chi connectivity index (χ4n) is 5.48. The normalized spacial score (nSPS) is 21.4. The second-order valence-corrected chi connectivity index (χ2v) is 10.0. The highest BCUT2D eigenvalue weighted by Crippen LogP contribution is 2.41. The smallest absolute Gasteiger partial charge is 0.426 e. The molecule has 3 fully saturated rings. The number of rotatable bonds is 4. The molecule has 6 nitrogen and oxygen atoms in total. The molecule has 13 heteroatoms. The second kappa shape index (κ2) is 10.4. The van der Waals surface area contributed by atoms with Crippen LogP contribution in [0, 0.1) is 0 Å². The van der Waals surface area contributed by atoms with Crippen molar-refractivity contribution < 1.29 is 35.9 Å². The summed E-state index contributed by atoms with van der Waals surface area (Å²) in [5, 5.41) is 3.97. The molecule has 1 amide bonds. The van der Waals surface area contributed by atoms with E-state index in [1.54, 1.807) is 0 Å². The molecule has 0 aliphatic carbocycles. The van der Waals surface area contributed by atoms with Gasteiger partial charge in [-0.25, -0.2) is 4.79 Å². The quantitative estimate of drug-likeness (QED) is 0.554. The molecule has 202 valence electrons. The van der Waals surface area contributed by atoms with Gasteiger partial charge in [-0.2, -0.15) is 26.3 Å². The van der Waals surface area contributed by atoms with Crippen LogP contribution >= 0.6 is 11.6 Å². The molecule has 0 aromatic heterocycles. The van der Waals surface area contributed by atoms with Crippen molar-refractivity contribution in [2.24, 2.45) is 0 Å². The van der Waals surface area contributed by atoms with Crippen LogP contribution in [-0.4, -0.2) is 85.7 Å². The maximum Gasteiger partial charge on any atom is 0.434 e. The molecular formula is C23H29ClF6N4O2. The molecule has 3 aliphatic heterocycles. The van der Waals surface area contributed by atoms with E-state index in [1.165, 1.54) is 0 Å². The minimum Gasteiger partial charge on any atom is -0.426 e. The van der Waals surface area contributed by atoms with Gasteiger partial charge >= 0.3 is 18.4 Å². The molecule has 0 bridgehead atoms. The van der Waals surface area contributed by atoms with Crippen molar-refractivity contribution in [2.75, 3.05) is 50.7 Å². The average Bonchev–Trinajstić information content (AvgIpc) is 3.19. The van der Waals surface area contributed by atoms with Gasteiger partial charge < -0.3 is 19.9 Å². The Kier molecular flexibility index (Phi) is 7.87. The van der Waals surface area contributed by atoms with Crippen molar-refractivity contribution >= 4 is 23.4 Å². The molecule has 1 spiro atoms. The fraction of sp³-hybridized carbons (Fsp3) is 0.696. The van der Waals surface area contributed by atoms with E-state index in [0.717, 1.165) is 61.7 Å². The van der Waals surface area contributed by atoms with E-state index >= 15 is 0 Å². The van der Waals surface area contributed by atoms with Crippen LogP contribution in [0.4, 0.5) is 36.8 Å². The maximum absolute atomic E-state index is 12.8. The van der Waals surface area contributed by atoms with Gasteiger partial charge in [0.15, 0.2) is 0 Å². The molecule has 3 heterocycles. The lowest BCUT2D eigenvalue weighted by Gasteiger charge is -2.45. The minimum absolute atomic E-state index is 0.0308. The highest BCUT2D eigenvalue weighted by molar-refractivity contribution is 6.30. The van der Waals surface area contributed by atoms with Crippen molar-refractivity contribution in [3.63, 3.8) is 0 Å². The molecule has 0 saturated carbocycles. The molecule has 1 aromatic carbocycles. The SMILES string of the molecule is O=C(OC(C(F)(F)F)C(F)(F)F)N1CCC2(CCCN2Cc2ccc(Cl)cc2N2CCNCC2)CC1. The van der Waals surface area contributed by atoms with Gasteiger partial charge in [-0.1, -0.05) is 17.7 Å². The molecule has 0 atom stereocenters. The van der Waals surface area contributed by atoms with E-state index in [0.29, 0.717) is 24.4 Å². The number of piperazine rings is 1. The van der Waals surface area contributed by atoms with Gasteiger partial charge in [-0.15, -0.1) is 0 Å². The summed E-state index contributed by atoms with van der Waals surface area (Å²) in [6, 6.07) is 5.82. The number of likely N-dealkylation sites (tertiary alicyclic amines) is 2. The fourth-order valence-corrected chi connectivity index (χ4v) is 5.65. The summed E-state index contributed by atoms with van der Waals surface area (Å²) in [7, 11) is 0. The lowest BCUT2D eigenvalue weighted by molar-refractivity contribution is -0.308. The third-order valence-electron chi connectivity index (χ3n) is 7.37. The molecule has 0 unspecified atom stereocenters. The number of carbonyl (C=O) groups is 1. The zero-order chi connectivity index (χ0) is 26.1. The molecule has 36 heavy (non-hydrogen) atoms. The van der Waals surface area contributed by atoms with Crippen molar-refractivity contribution in [3.8, 4) is 0 Å². The zero-order valence-electron chi connectivity index (χ0n) is 19.6. The van der Waals surface area contributed by atoms with Gasteiger partial charge in [0.1, 0.15) is 0 Å². The summed E-state index contributed by atoms with van der Waals surface area (Å²) in [6.45, 7) is 4.97. The number of alkyl halides is 6. The number of piperidine rings is 1. The van der Waals surface area contributed by atoms with Gasteiger partial charge in [0.25, 0.3) is 6.10 Å². The standard InChI is InChI=1S/C23H29ClF6N4O2/c24-17-3-2-16(18(14-17)32-12-7-31-8-13-32)15-34-9-1-4-21(34)5-10-33(11-6-21)20(35)36-19(22(25,26)27)23(28,29)30/h2-3,14,19,31H,1,4-13,15H2. The summed E-state index contributed by atoms with van der Waals surface area (Å²) < 4.78 is 80.7. The number of benzene rings is 1. The number of hydrogen-bond acceptors (Lipinski definition) is 5. The molecule has 3 saturated heterocycles. The molecule has 1 aromatic rings. The van der Waals surface area contributed by atoms with Crippen LogP contribution in [0.15, 0.2) is 18.2 Å². The number of halogens is 7. The average molecular weight is 543 g/mol. The van der Waals surface area contributed by atoms with Crippen molar-refractivity contribution in [3.05, 3.63) is 28.8 Å². The van der Waals surface area contributed by atoms with Crippen LogP contribution in [0.2, 0.25) is 5.02 Å². The van der Waals surface area contributed by atoms with Crippen LogP contribution in [0.3, 0.4) is 0 Å². The number of hydrogen-bond donors (Lipinski definition) is 1. The van der Waals surface area contributed by atoms with E-state index in [9.17, 15) is 31.1 Å². The number of amides is 1.